The van der Waals surface area contributed by atoms with Crippen molar-refractivity contribution in [2.45, 2.75) is 52.4 Å². The van der Waals surface area contributed by atoms with E-state index < -0.39 is 0 Å². The van der Waals surface area contributed by atoms with Crippen molar-refractivity contribution in [3.8, 4) is 22.6 Å². The molecular weight excluding hydrogens is 284 g/mol. The van der Waals surface area contributed by atoms with Crippen LogP contribution in [0.25, 0.3) is 11.1 Å². The maximum Gasteiger partial charge on any atom is 0.126 e. The molecule has 0 radical (unpaired) electrons. The Balaban J connectivity index is 2.42. The van der Waals surface area contributed by atoms with Crippen LogP contribution in [-0.2, 0) is 12.8 Å². The molecule has 0 amide bonds. The van der Waals surface area contributed by atoms with Crippen LogP contribution in [0.3, 0.4) is 0 Å². The Kier molecular flexibility index (Phi) is 6.52. The molecule has 2 aromatic carbocycles. The second kappa shape index (κ2) is 8.61. The molecule has 0 aliphatic heterocycles. The van der Waals surface area contributed by atoms with Gasteiger partial charge in [0.25, 0.3) is 0 Å². The number of rotatable bonds is 8. The lowest BCUT2D eigenvalue weighted by Gasteiger charge is -2.14. The third-order valence-corrected chi connectivity index (χ3v) is 4.25. The average molecular weight is 312 g/mol. The molecule has 0 aromatic heterocycles. The molecule has 0 aliphatic carbocycles. The molecule has 0 saturated carbocycles. The number of hydrogen-bond acceptors (Lipinski definition) is 2. The number of ether oxygens (including phenoxy) is 1. The van der Waals surface area contributed by atoms with Crippen LogP contribution in [0.15, 0.2) is 36.4 Å². The van der Waals surface area contributed by atoms with Gasteiger partial charge in [0, 0.05) is 11.1 Å². The van der Waals surface area contributed by atoms with E-state index >= 15 is 0 Å². The van der Waals surface area contributed by atoms with Crippen LogP contribution in [0.5, 0.6) is 11.5 Å². The minimum Gasteiger partial charge on any atom is -0.507 e. The highest BCUT2D eigenvalue weighted by atomic mass is 16.5. The summed E-state index contributed by atoms with van der Waals surface area (Å²) < 4.78 is 5.52. The summed E-state index contributed by atoms with van der Waals surface area (Å²) in [5.74, 6) is 1.13. The number of hydrogen-bond donors (Lipinski definition) is 1. The molecule has 23 heavy (non-hydrogen) atoms. The van der Waals surface area contributed by atoms with Crippen LogP contribution in [0, 0.1) is 0 Å². The summed E-state index contributed by atoms with van der Waals surface area (Å²) in [7, 11) is 1.68. The molecule has 0 heterocycles. The maximum absolute atomic E-state index is 10.3. The largest absolute Gasteiger partial charge is 0.507 e. The first kappa shape index (κ1) is 17.4. The molecule has 0 atom stereocenters. The molecule has 0 bridgehead atoms. The molecule has 2 rings (SSSR count). The standard InChI is InChI=1S/C21H28O2/c1-4-6-8-16-10-12-20(22)18(14-16)19-15-17(9-7-5-2)11-13-21(19)23-3/h10-15,22H,4-9H2,1-3H3. The van der Waals surface area contributed by atoms with Crippen LogP contribution in [0.2, 0.25) is 0 Å². The van der Waals surface area contributed by atoms with Crippen LogP contribution < -0.4 is 4.74 Å². The molecule has 0 saturated heterocycles. The first-order valence-corrected chi connectivity index (χ1v) is 8.68. The van der Waals surface area contributed by atoms with Crippen molar-refractivity contribution >= 4 is 0 Å². The summed E-state index contributed by atoms with van der Waals surface area (Å²) in [5.41, 5.74) is 4.41. The Morgan fingerprint density at radius 3 is 1.96 bits per heavy atom. The Morgan fingerprint density at radius 1 is 0.826 bits per heavy atom. The second-order valence-electron chi connectivity index (χ2n) is 6.09. The fraction of sp³-hybridized carbons (Fsp3) is 0.429. The predicted octanol–water partition coefficient (Wildman–Crippen LogP) is 5.75. The van der Waals surface area contributed by atoms with Gasteiger partial charge >= 0.3 is 0 Å². The Labute approximate surface area is 140 Å². The van der Waals surface area contributed by atoms with Gasteiger partial charge in [-0.1, -0.05) is 38.8 Å². The first-order valence-electron chi connectivity index (χ1n) is 8.68. The fourth-order valence-electron chi connectivity index (χ4n) is 2.84. The molecule has 2 heteroatoms. The van der Waals surface area contributed by atoms with Gasteiger partial charge in [0.05, 0.1) is 7.11 Å². The van der Waals surface area contributed by atoms with E-state index in [0.29, 0.717) is 5.75 Å². The van der Waals surface area contributed by atoms with Gasteiger partial charge in [-0.3, -0.25) is 0 Å². The first-order chi connectivity index (χ1) is 11.2. The van der Waals surface area contributed by atoms with E-state index in [0.717, 1.165) is 36.1 Å². The number of aryl methyl sites for hydroxylation is 2. The Morgan fingerprint density at radius 2 is 1.39 bits per heavy atom. The quantitative estimate of drug-likeness (QED) is 0.672. The SMILES string of the molecule is CCCCc1ccc(O)c(-c2cc(CCCC)ccc2OC)c1. The summed E-state index contributed by atoms with van der Waals surface area (Å²) in [6.45, 7) is 4.40. The van der Waals surface area contributed by atoms with E-state index in [-0.39, 0.29) is 0 Å². The smallest absolute Gasteiger partial charge is 0.126 e. The van der Waals surface area contributed by atoms with Gasteiger partial charge in [0.15, 0.2) is 0 Å². The zero-order chi connectivity index (χ0) is 16.7. The van der Waals surface area contributed by atoms with E-state index in [4.69, 9.17) is 4.74 Å². The molecule has 2 aromatic rings. The lowest BCUT2D eigenvalue weighted by molar-refractivity contribution is 0.415. The third-order valence-electron chi connectivity index (χ3n) is 4.25. The van der Waals surface area contributed by atoms with E-state index in [9.17, 15) is 5.11 Å². The summed E-state index contributed by atoms with van der Waals surface area (Å²) in [5, 5.41) is 10.3. The minimum absolute atomic E-state index is 0.316. The third kappa shape index (κ3) is 4.51. The molecule has 1 N–H and O–H groups in total. The number of methoxy groups -OCH3 is 1. The van der Waals surface area contributed by atoms with Crippen molar-refractivity contribution < 1.29 is 9.84 Å². The summed E-state index contributed by atoms with van der Waals surface area (Å²) in [4.78, 5) is 0. The molecule has 0 aliphatic rings. The van der Waals surface area contributed by atoms with E-state index in [1.165, 1.54) is 30.4 Å². The van der Waals surface area contributed by atoms with Crippen LogP contribution >= 0.6 is 0 Å². The second-order valence-corrected chi connectivity index (χ2v) is 6.09. The zero-order valence-electron chi connectivity index (χ0n) is 14.6. The average Bonchev–Trinajstić information content (AvgIpc) is 2.59. The molecule has 2 nitrogen and oxygen atoms in total. The molecule has 0 spiro atoms. The van der Waals surface area contributed by atoms with Crippen LogP contribution in [-0.4, -0.2) is 12.2 Å². The molecule has 0 fully saturated rings. The van der Waals surface area contributed by atoms with Gasteiger partial charge < -0.3 is 9.84 Å². The van der Waals surface area contributed by atoms with Crippen molar-refractivity contribution in [1.82, 2.24) is 0 Å². The molecular formula is C21H28O2. The van der Waals surface area contributed by atoms with Crippen molar-refractivity contribution in [1.29, 1.82) is 0 Å². The normalized spacial score (nSPS) is 10.7. The number of unbranched alkanes of at least 4 members (excludes halogenated alkanes) is 2. The molecule has 124 valence electrons. The van der Waals surface area contributed by atoms with Crippen LogP contribution in [0.4, 0.5) is 0 Å². The van der Waals surface area contributed by atoms with E-state index in [1.807, 2.05) is 12.1 Å². The highest BCUT2D eigenvalue weighted by molar-refractivity contribution is 5.76. The summed E-state index contributed by atoms with van der Waals surface area (Å²) >= 11 is 0. The van der Waals surface area contributed by atoms with Gasteiger partial charge in [-0.15, -0.1) is 0 Å². The number of aromatic hydroxyl groups is 1. The van der Waals surface area contributed by atoms with E-state index in [2.05, 4.69) is 32.0 Å². The molecule has 0 unspecified atom stereocenters. The van der Waals surface area contributed by atoms with Crippen molar-refractivity contribution in [2.75, 3.05) is 7.11 Å². The summed E-state index contributed by atoms with van der Waals surface area (Å²) in [6, 6.07) is 12.2. The van der Waals surface area contributed by atoms with Gasteiger partial charge in [0.2, 0.25) is 0 Å². The predicted molar refractivity (Wildman–Crippen MR) is 97.3 cm³/mol. The Bertz CT molecular complexity index is 632. The van der Waals surface area contributed by atoms with Crippen molar-refractivity contribution in [3.63, 3.8) is 0 Å². The highest BCUT2D eigenvalue weighted by Crippen LogP contribution is 2.37. The minimum atomic E-state index is 0.316. The fourth-order valence-corrected chi connectivity index (χ4v) is 2.84. The zero-order valence-corrected chi connectivity index (χ0v) is 14.6. The lowest BCUT2D eigenvalue weighted by Crippen LogP contribution is -1.93. The van der Waals surface area contributed by atoms with Gasteiger partial charge in [-0.2, -0.15) is 0 Å². The number of phenols is 1. The lowest BCUT2D eigenvalue weighted by atomic mass is 9.96. The topological polar surface area (TPSA) is 29.5 Å². The number of phenolic OH excluding ortho intramolecular Hbond substituents is 1. The Hall–Kier alpha value is -1.96. The van der Waals surface area contributed by atoms with Gasteiger partial charge in [-0.25, -0.2) is 0 Å². The van der Waals surface area contributed by atoms with Gasteiger partial charge in [0.1, 0.15) is 11.5 Å². The van der Waals surface area contributed by atoms with Crippen molar-refractivity contribution in [2.24, 2.45) is 0 Å². The maximum atomic E-state index is 10.3. The van der Waals surface area contributed by atoms with Gasteiger partial charge in [-0.05, 0) is 61.1 Å². The van der Waals surface area contributed by atoms with Crippen molar-refractivity contribution in [3.05, 3.63) is 47.5 Å². The van der Waals surface area contributed by atoms with Crippen LogP contribution in [0.1, 0.15) is 50.7 Å². The monoisotopic (exact) mass is 312 g/mol. The number of benzene rings is 2. The summed E-state index contributed by atoms with van der Waals surface area (Å²) in [6.07, 6.45) is 6.79. The highest BCUT2D eigenvalue weighted by Gasteiger charge is 2.12. The van der Waals surface area contributed by atoms with E-state index in [1.54, 1.807) is 13.2 Å².